The number of hydrogen-bond acceptors (Lipinski definition) is 6. The number of aryl methyl sites for hydroxylation is 1. The van der Waals surface area contributed by atoms with Crippen molar-refractivity contribution in [1.82, 2.24) is 24.1 Å². The number of fused-ring (bicyclic) bond motifs is 3. The van der Waals surface area contributed by atoms with Gasteiger partial charge in [0.1, 0.15) is 18.6 Å². The number of methoxy groups -OCH3 is 1. The maximum Gasteiger partial charge on any atom is 0.189 e. The van der Waals surface area contributed by atoms with Crippen LogP contribution in [0.25, 0.3) is 16.7 Å². The fourth-order valence-electron chi connectivity index (χ4n) is 3.29. The molecular weight excluding hydrogens is 346 g/mol. The molecule has 0 aliphatic rings. The van der Waals surface area contributed by atoms with Gasteiger partial charge in [0.15, 0.2) is 23.0 Å². The Morgan fingerprint density at radius 1 is 1.11 bits per heavy atom. The summed E-state index contributed by atoms with van der Waals surface area (Å²) in [5, 5.41) is 14.8. The van der Waals surface area contributed by atoms with Crippen LogP contribution in [-0.4, -0.2) is 43.0 Å². The minimum Gasteiger partial charge on any atom is -0.493 e. The van der Waals surface area contributed by atoms with Crippen molar-refractivity contribution in [3.05, 3.63) is 47.7 Å². The van der Waals surface area contributed by atoms with Crippen LogP contribution in [0.5, 0.6) is 11.5 Å². The molecule has 0 radical (unpaired) electrons. The third kappa shape index (κ3) is 2.87. The predicted molar refractivity (Wildman–Crippen MR) is 100 cm³/mol. The number of hydrogen-bond donors (Lipinski definition) is 1. The molecular formula is C19H21N5O3. The van der Waals surface area contributed by atoms with Crippen LogP contribution < -0.4 is 9.47 Å². The number of ether oxygens (including phenoxy) is 2. The molecule has 1 aromatic carbocycles. The lowest BCUT2D eigenvalue weighted by molar-refractivity contribution is 0.276. The Labute approximate surface area is 156 Å². The molecule has 27 heavy (non-hydrogen) atoms. The number of aliphatic hydroxyl groups is 1. The van der Waals surface area contributed by atoms with E-state index in [0.29, 0.717) is 23.9 Å². The predicted octanol–water partition coefficient (Wildman–Crippen LogP) is 2.28. The molecule has 140 valence electrons. The zero-order valence-electron chi connectivity index (χ0n) is 15.5. The molecule has 3 heterocycles. The van der Waals surface area contributed by atoms with Crippen LogP contribution in [0.2, 0.25) is 0 Å². The third-order valence-corrected chi connectivity index (χ3v) is 4.74. The number of aromatic nitrogens is 5. The van der Waals surface area contributed by atoms with Gasteiger partial charge in [-0.05, 0) is 31.5 Å². The van der Waals surface area contributed by atoms with Crippen LogP contribution in [-0.2, 0) is 13.2 Å². The van der Waals surface area contributed by atoms with Crippen LogP contribution in [0.3, 0.4) is 0 Å². The molecule has 8 heteroatoms. The highest BCUT2D eigenvalue weighted by Crippen LogP contribution is 2.28. The van der Waals surface area contributed by atoms with Crippen molar-refractivity contribution in [2.75, 3.05) is 13.7 Å². The second kappa shape index (κ2) is 6.88. The van der Waals surface area contributed by atoms with Crippen molar-refractivity contribution in [2.45, 2.75) is 27.0 Å². The number of benzene rings is 1. The van der Waals surface area contributed by atoms with Crippen LogP contribution >= 0.6 is 0 Å². The Morgan fingerprint density at radius 3 is 2.63 bits per heavy atom. The van der Waals surface area contributed by atoms with Crippen molar-refractivity contribution >= 4 is 16.7 Å². The van der Waals surface area contributed by atoms with Gasteiger partial charge < -0.3 is 19.1 Å². The summed E-state index contributed by atoms with van der Waals surface area (Å²) in [5.41, 5.74) is 3.68. The van der Waals surface area contributed by atoms with E-state index in [1.54, 1.807) is 18.0 Å². The summed E-state index contributed by atoms with van der Waals surface area (Å²) in [4.78, 5) is 9.18. The van der Waals surface area contributed by atoms with Crippen molar-refractivity contribution < 1.29 is 14.6 Å². The van der Waals surface area contributed by atoms with Crippen LogP contribution in [0.4, 0.5) is 0 Å². The molecule has 0 atom stereocenters. The van der Waals surface area contributed by atoms with Gasteiger partial charge in [0.2, 0.25) is 0 Å². The summed E-state index contributed by atoms with van der Waals surface area (Å²) in [5.74, 6) is 1.86. The summed E-state index contributed by atoms with van der Waals surface area (Å²) in [6.07, 6.45) is 1.64. The molecule has 0 aliphatic carbocycles. The van der Waals surface area contributed by atoms with E-state index >= 15 is 0 Å². The Balaban J connectivity index is 1.72. The largest absolute Gasteiger partial charge is 0.493 e. The molecule has 0 amide bonds. The number of para-hydroxylation sites is 2. The van der Waals surface area contributed by atoms with E-state index < -0.39 is 0 Å². The van der Waals surface area contributed by atoms with Gasteiger partial charge in [0, 0.05) is 12.2 Å². The first-order valence-corrected chi connectivity index (χ1v) is 8.70. The maximum absolute atomic E-state index is 9.34. The molecule has 0 aliphatic heterocycles. The summed E-state index contributed by atoms with van der Waals surface area (Å²) in [6.45, 7) is 4.83. The van der Waals surface area contributed by atoms with Crippen molar-refractivity contribution in [3.8, 4) is 11.5 Å². The van der Waals surface area contributed by atoms with E-state index in [9.17, 15) is 5.11 Å². The zero-order chi connectivity index (χ0) is 19.0. The maximum atomic E-state index is 9.34. The van der Waals surface area contributed by atoms with Crippen molar-refractivity contribution in [3.63, 3.8) is 0 Å². The van der Waals surface area contributed by atoms with Crippen LogP contribution in [0.15, 0.2) is 30.6 Å². The molecule has 0 saturated carbocycles. The van der Waals surface area contributed by atoms with E-state index in [2.05, 4.69) is 15.1 Å². The average Bonchev–Trinajstić information content (AvgIpc) is 3.21. The molecule has 4 rings (SSSR count). The third-order valence-electron chi connectivity index (χ3n) is 4.74. The van der Waals surface area contributed by atoms with E-state index in [0.717, 1.165) is 27.9 Å². The fraction of sp³-hybridized carbons (Fsp3) is 0.316. The quantitative estimate of drug-likeness (QED) is 0.563. The molecule has 0 spiro atoms. The normalized spacial score (nSPS) is 11.4. The van der Waals surface area contributed by atoms with Gasteiger partial charge in [-0.25, -0.2) is 14.5 Å². The first-order valence-electron chi connectivity index (χ1n) is 8.70. The molecule has 4 aromatic rings. The summed E-state index contributed by atoms with van der Waals surface area (Å²) >= 11 is 0. The van der Waals surface area contributed by atoms with Gasteiger partial charge >= 0.3 is 0 Å². The average molecular weight is 367 g/mol. The molecule has 8 nitrogen and oxygen atoms in total. The fourth-order valence-corrected chi connectivity index (χ4v) is 3.29. The van der Waals surface area contributed by atoms with Crippen LogP contribution in [0.1, 0.15) is 17.1 Å². The van der Waals surface area contributed by atoms with Crippen molar-refractivity contribution in [1.29, 1.82) is 0 Å². The van der Waals surface area contributed by atoms with Gasteiger partial charge in [0.05, 0.1) is 19.1 Å². The standard InChI is InChI=1S/C19H21N5O3/c1-12-13(2)23(8-9-25)18-17(12)19-21-16(22-24(19)11-20-18)10-27-15-7-5-4-6-14(15)26-3/h4-7,11,25H,8-10H2,1-3H3. The first-order chi connectivity index (χ1) is 13.1. The van der Waals surface area contributed by atoms with Gasteiger partial charge in [0.25, 0.3) is 0 Å². The Bertz CT molecular complexity index is 1120. The SMILES string of the molecule is COc1ccccc1OCc1nc2c3c(C)c(C)n(CCO)c3ncn2n1. The number of aliphatic hydroxyl groups excluding tert-OH is 1. The second-order valence-electron chi connectivity index (χ2n) is 6.26. The van der Waals surface area contributed by atoms with E-state index in [1.807, 2.05) is 42.7 Å². The van der Waals surface area contributed by atoms with E-state index in [1.165, 1.54) is 0 Å². The first kappa shape index (κ1) is 17.3. The van der Waals surface area contributed by atoms with Gasteiger partial charge in [-0.3, -0.25) is 0 Å². The summed E-state index contributed by atoms with van der Waals surface area (Å²) in [6, 6.07) is 7.46. The van der Waals surface area contributed by atoms with Crippen molar-refractivity contribution in [2.24, 2.45) is 0 Å². The smallest absolute Gasteiger partial charge is 0.189 e. The molecule has 0 fully saturated rings. The number of rotatable bonds is 6. The molecule has 0 saturated heterocycles. The lowest BCUT2D eigenvalue weighted by Crippen LogP contribution is -2.05. The van der Waals surface area contributed by atoms with E-state index in [4.69, 9.17) is 9.47 Å². The molecule has 3 aromatic heterocycles. The minimum absolute atomic E-state index is 0.0572. The Hall–Kier alpha value is -3.13. The van der Waals surface area contributed by atoms with Gasteiger partial charge in [-0.15, -0.1) is 5.10 Å². The monoisotopic (exact) mass is 367 g/mol. The highest BCUT2D eigenvalue weighted by molar-refractivity contribution is 5.93. The minimum atomic E-state index is 0.0572. The lowest BCUT2D eigenvalue weighted by atomic mass is 10.2. The zero-order valence-corrected chi connectivity index (χ0v) is 15.5. The second-order valence-corrected chi connectivity index (χ2v) is 6.26. The lowest BCUT2D eigenvalue weighted by Gasteiger charge is -2.08. The topological polar surface area (TPSA) is 86.7 Å². The van der Waals surface area contributed by atoms with Crippen LogP contribution in [0, 0.1) is 13.8 Å². The highest BCUT2D eigenvalue weighted by atomic mass is 16.5. The Kier molecular flexibility index (Phi) is 4.41. The summed E-state index contributed by atoms with van der Waals surface area (Å²) < 4.78 is 14.8. The Morgan fingerprint density at radius 2 is 1.89 bits per heavy atom. The molecule has 0 bridgehead atoms. The van der Waals surface area contributed by atoms with Gasteiger partial charge in [-0.1, -0.05) is 12.1 Å². The highest BCUT2D eigenvalue weighted by Gasteiger charge is 2.18. The van der Waals surface area contributed by atoms with E-state index in [-0.39, 0.29) is 13.2 Å². The molecule has 0 unspecified atom stereocenters. The molecule has 1 N–H and O–H groups in total. The summed E-state index contributed by atoms with van der Waals surface area (Å²) in [7, 11) is 1.61. The number of nitrogens with zero attached hydrogens (tertiary/aromatic N) is 5. The van der Waals surface area contributed by atoms with Gasteiger partial charge in [-0.2, -0.15) is 0 Å².